The first kappa shape index (κ1) is 23.5. The molecule has 1 aliphatic rings. The highest BCUT2D eigenvalue weighted by atomic mass is 16.5. The van der Waals surface area contributed by atoms with E-state index in [-0.39, 0.29) is 12.5 Å². The van der Waals surface area contributed by atoms with E-state index in [2.05, 4.69) is 26.5 Å². The topological polar surface area (TPSA) is 119 Å². The van der Waals surface area contributed by atoms with E-state index in [9.17, 15) is 10.1 Å². The van der Waals surface area contributed by atoms with Crippen LogP contribution in [0.25, 0.3) is 27.8 Å². The van der Waals surface area contributed by atoms with Crippen LogP contribution in [0.4, 0.5) is 0 Å². The molecule has 0 fully saturated rings. The highest BCUT2D eigenvalue weighted by Gasteiger charge is 2.33. The number of nitriles is 1. The Morgan fingerprint density at radius 3 is 2.95 bits per heavy atom. The summed E-state index contributed by atoms with van der Waals surface area (Å²) in [5.74, 6) is -0.231. The summed E-state index contributed by atoms with van der Waals surface area (Å²) in [5.41, 5.74) is 5.49. The van der Waals surface area contributed by atoms with Crippen LogP contribution >= 0.6 is 0 Å². The number of amides is 1. The normalized spacial score (nSPS) is 16.5. The van der Waals surface area contributed by atoms with Gasteiger partial charge in [0, 0.05) is 35.1 Å². The molecule has 5 heterocycles. The van der Waals surface area contributed by atoms with E-state index in [0.29, 0.717) is 24.5 Å². The molecule has 0 saturated heterocycles. The fourth-order valence-electron chi connectivity index (χ4n) is 4.57. The number of fused-ring (bicyclic) bond motifs is 2. The van der Waals surface area contributed by atoms with Crippen molar-refractivity contribution in [2.45, 2.75) is 25.5 Å². The van der Waals surface area contributed by atoms with Gasteiger partial charge in [-0.05, 0) is 60.5 Å². The van der Waals surface area contributed by atoms with Crippen molar-refractivity contribution < 1.29 is 9.53 Å². The largest absolute Gasteiger partial charge is 0.375 e. The van der Waals surface area contributed by atoms with E-state index < -0.39 is 5.41 Å². The van der Waals surface area contributed by atoms with Gasteiger partial charge >= 0.3 is 0 Å². The lowest BCUT2D eigenvalue weighted by molar-refractivity contribution is 0.0757. The lowest BCUT2D eigenvalue weighted by Gasteiger charge is -2.30. The van der Waals surface area contributed by atoms with Gasteiger partial charge in [0.2, 0.25) is 0 Å². The molecule has 1 aromatic carbocycles. The SMILES string of the molecule is C[C@@]1(C#N)COCc2ccc(C(=O)NCc3cc4nc(-c5cnn(-c6cccnc6)c5)ccc4cn3)cc21. The molecule has 1 N–H and O–H groups in total. The third-order valence-electron chi connectivity index (χ3n) is 6.71. The van der Waals surface area contributed by atoms with Crippen LogP contribution in [-0.4, -0.2) is 37.2 Å². The second-order valence-electron chi connectivity index (χ2n) is 9.44. The molecule has 1 aliphatic heterocycles. The summed E-state index contributed by atoms with van der Waals surface area (Å²) >= 11 is 0. The Balaban J connectivity index is 1.20. The van der Waals surface area contributed by atoms with E-state index in [1.165, 1.54) is 0 Å². The van der Waals surface area contributed by atoms with E-state index in [4.69, 9.17) is 9.72 Å². The van der Waals surface area contributed by atoms with E-state index in [0.717, 1.165) is 39.0 Å². The summed E-state index contributed by atoms with van der Waals surface area (Å²) in [6, 6.07) is 17.3. The average Bonchev–Trinajstić information content (AvgIpc) is 3.46. The molecule has 6 rings (SSSR count). The van der Waals surface area contributed by atoms with Crippen LogP contribution in [0.15, 0.2) is 79.5 Å². The van der Waals surface area contributed by atoms with Crippen LogP contribution in [0.1, 0.15) is 34.1 Å². The molecule has 4 aromatic heterocycles. The Labute approximate surface area is 218 Å². The van der Waals surface area contributed by atoms with Crippen molar-refractivity contribution in [2.75, 3.05) is 6.61 Å². The van der Waals surface area contributed by atoms with Crippen molar-refractivity contribution >= 4 is 16.8 Å². The Morgan fingerprint density at radius 1 is 1.18 bits per heavy atom. The van der Waals surface area contributed by atoms with Gasteiger partial charge in [-0.3, -0.25) is 14.8 Å². The van der Waals surface area contributed by atoms with Gasteiger partial charge in [0.15, 0.2) is 0 Å². The minimum absolute atomic E-state index is 0.231. The third-order valence-corrected chi connectivity index (χ3v) is 6.71. The number of nitrogens with one attached hydrogen (secondary N) is 1. The second kappa shape index (κ2) is 9.50. The fraction of sp³-hybridized carbons (Fsp3) is 0.172. The summed E-state index contributed by atoms with van der Waals surface area (Å²) < 4.78 is 7.32. The zero-order valence-electron chi connectivity index (χ0n) is 20.6. The molecule has 0 bridgehead atoms. The van der Waals surface area contributed by atoms with Crippen LogP contribution < -0.4 is 5.32 Å². The van der Waals surface area contributed by atoms with Gasteiger partial charge in [-0.2, -0.15) is 10.4 Å². The number of ether oxygens (including phenoxy) is 1. The maximum absolute atomic E-state index is 12.9. The second-order valence-corrected chi connectivity index (χ2v) is 9.44. The molecule has 0 unspecified atom stereocenters. The Hall–Kier alpha value is -4.94. The van der Waals surface area contributed by atoms with Crippen molar-refractivity contribution in [2.24, 2.45) is 0 Å². The third kappa shape index (κ3) is 4.38. The van der Waals surface area contributed by atoms with Gasteiger partial charge in [0.05, 0.1) is 60.8 Å². The first-order valence-corrected chi connectivity index (χ1v) is 12.1. The molecule has 0 spiro atoms. The highest BCUT2D eigenvalue weighted by Crippen LogP contribution is 2.32. The fourth-order valence-corrected chi connectivity index (χ4v) is 4.57. The maximum Gasteiger partial charge on any atom is 0.251 e. The molecular weight excluding hydrogens is 478 g/mol. The molecule has 9 nitrogen and oxygen atoms in total. The standard InChI is InChI=1S/C29H23N7O2/c1-29(17-30)18-38-16-21-5-4-19(9-25(21)29)28(37)33-13-23-10-27-20(11-32-23)6-7-26(35-27)22-12-34-36(15-22)24-3-2-8-31-14-24/h2-12,14-15H,13,16,18H2,1H3,(H,33,37)/t29-/m1/s1. The van der Waals surface area contributed by atoms with Crippen LogP contribution in [0.2, 0.25) is 0 Å². The van der Waals surface area contributed by atoms with Gasteiger partial charge in [-0.1, -0.05) is 6.07 Å². The number of benzene rings is 1. The molecule has 0 radical (unpaired) electrons. The molecule has 1 amide bonds. The number of rotatable bonds is 5. The zero-order chi connectivity index (χ0) is 26.1. The predicted molar refractivity (Wildman–Crippen MR) is 140 cm³/mol. The summed E-state index contributed by atoms with van der Waals surface area (Å²) in [5, 5.41) is 17.9. The average molecular weight is 502 g/mol. The monoisotopic (exact) mass is 501 g/mol. The van der Waals surface area contributed by atoms with Gasteiger partial charge in [0.1, 0.15) is 5.41 Å². The highest BCUT2D eigenvalue weighted by molar-refractivity contribution is 5.94. The summed E-state index contributed by atoms with van der Waals surface area (Å²) in [7, 11) is 0. The molecular formula is C29H23N7O2. The molecule has 9 heteroatoms. The van der Waals surface area contributed by atoms with Crippen LogP contribution in [-0.2, 0) is 23.3 Å². The van der Waals surface area contributed by atoms with Crippen molar-refractivity contribution in [3.8, 4) is 23.0 Å². The van der Waals surface area contributed by atoms with Gasteiger partial charge in [-0.15, -0.1) is 0 Å². The summed E-state index contributed by atoms with van der Waals surface area (Å²) in [6.07, 6.45) is 8.90. The Morgan fingerprint density at radius 2 is 2.11 bits per heavy atom. The van der Waals surface area contributed by atoms with Crippen LogP contribution in [0.5, 0.6) is 0 Å². The van der Waals surface area contributed by atoms with Crippen LogP contribution in [0, 0.1) is 11.3 Å². The lowest BCUT2D eigenvalue weighted by atomic mass is 9.79. The quantitative estimate of drug-likeness (QED) is 0.385. The number of pyridine rings is 3. The first-order chi connectivity index (χ1) is 18.5. The number of hydrogen-bond donors (Lipinski definition) is 1. The molecule has 1 atom stereocenters. The smallest absolute Gasteiger partial charge is 0.251 e. The number of carbonyl (C=O) groups is 1. The molecule has 0 aliphatic carbocycles. The molecule has 38 heavy (non-hydrogen) atoms. The van der Waals surface area contributed by atoms with Gasteiger partial charge in [-0.25, -0.2) is 9.67 Å². The van der Waals surface area contributed by atoms with E-state index >= 15 is 0 Å². The van der Waals surface area contributed by atoms with Gasteiger partial charge in [0.25, 0.3) is 5.91 Å². The first-order valence-electron chi connectivity index (χ1n) is 12.1. The van der Waals surface area contributed by atoms with Crippen molar-refractivity contribution in [1.29, 1.82) is 5.26 Å². The molecule has 5 aromatic rings. The number of nitrogens with zero attached hydrogens (tertiary/aromatic N) is 6. The number of aromatic nitrogens is 5. The summed E-state index contributed by atoms with van der Waals surface area (Å²) in [4.78, 5) is 26.4. The number of hydrogen-bond acceptors (Lipinski definition) is 7. The molecule has 0 saturated carbocycles. The number of carbonyl (C=O) groups excluding carboxylic acids is 1. The van der Waals surface area contributed by atoms with Crippen LogP contribution in [0.3, 0.4) is 0 Å². The lowest BCUT2D eigenvalue weighted by Crippen LogP contribution is -2.33. The zero-order valence-corrected chi connectivity index (χ0v) is 20.6. The minimum atomic E-state index is -0.776. The van der Waals surface area contributed by atoms with E-state index in [1.807, 2.05) is 49.5 Å². The Kier molecular flexibility index (Phi) is 5.86. The Bertz CT molecular complexity index is 1710. The van der Waals surface area contributed by atoms with Crippen molar-refractivity contribution in [3.05, 3.63) is 102 Å². The minimum Gasteiger partial charge on any atom is -0.375 e. The summed E-state index contributed by atoms with van der Waals surface area (Å²) in [6.45, 7) is 2.82. The molecule has 186 valence electrons. The maximum atomic E-state index is 12.9. The van der Waals surface area contributed by atoms with Crippen molar-refractivity contribution in [1.82, 2.24) is 30.0 Å². The predicted octanol–water partition coefficient (Wildman–Crippen LogP) is 4.12. The van der Waals surface area contributed by atoms with Crippen molar-refractivity contribution in [3.63, 3.8) is 0 Å². The van der Waals surface area contributed by atoms with E-state index in [1.54, 1.807) is 41.6 Å². The van der Waals surface area contributed by atoms with Gasteiger partial charge < -0.3 is 10.1 Å².